The average molecular weight is 402 g/mol. The largest absolute Gasteiger partial charge is 0.493 e. The number of aryl methyl sites for hydroxylation is 1. The van der Waals surface area contributed by atoms with E-state index in [0.717, 1.165) is 49.6 Å². The van der Waals surface area contributed by atoms with Crippen LogP contribution < -0.4 is 14.8 Å². The van der Waals surface area contributed by atoms with E-state index in [4.69, 9.17) is 9.47 Å². The number of pyridine rings is 1. The Hall–Kier alpha value is -2.15. The summed E-state index contributed by atoms with van der Waals surface area (Å²) in [6, 6.07) is 12.0. The Bertz CT molecular complexity index is 735. The minimum Gasteiger partial charge on any atom is -0.493 e. The van der Waals surface area contributed by atoms with Gasteiger partial charge in [-0.05, 0) is 49.8 Å². The lowest BCUT2D eigenvalue weighted by Gasteiger charge is -2.22. The van der Waals surface area contributed by atoms with Crippen molar-refractivity contribution in [2.75, 3.05) is 39.9 Å². The molecule has 0 aliphatic carbocycles. The molecule has 0 aliphatic heterocycles. The third-order valence-electron chi connectivity index (χ3n) is 4.86. The second-order valence-corrected chi connectivity index (χ2v) is 7.13. The zero-order chi connectivity index (χ0) is 21.1. The van der Waals surface area contributed by atoms with Gasteiger partial charge in [-0.3, -0.25) is 4.98 Å². The van der Waals surface area contributed by atoms with Gasteiger partial charge in [0.1, 0.15) is 12.7 Å². The highest BCUT2D eigenvalue weighted by atomic mass is 16.5. The number of aliphatic hydroxyl groups excluding tert-OH is 1. The lowest BCUT2D eigenvalue weighted by atomic mass is 10.2. The lowest BCUT2D eigenvalue weighted by Crippen LogP contribution is -2.35. The van der Waals surface area contributed by atoms with Gasteiger partial charge < -0.3 is 24.8 Å². The summed E-state index contributed by atoms with van der Waals surface area (Å²) in [6.07, 6.45) is 0.362. The van der Waals surface area contributed by atoms with Crippen molar-refractivity contribution in [2.24, 2.45) is 0 Å². The fourth-order valence-corrected chi connectivity index (χ4v) is 3.15. The predicted molar refractivity (Wildman–Crippen MR) is 117 cm³/mol. The molecule has 0 aliphatic rings. The van der Waals surface area contributed by atoms with Crippen molar-refractivity contribution in [3.8, 4) is 11.5 Å². The highest BCUT2D eigenvalue weighted by molar-refractivity contribution is 5.43. The average Bonchev–Trinajstić information content (AvgIpc) is 2.73. The number of aliphatic hydroxyl groups is 1. The normalized spacial score (nSPS) is 12.2. The minimum atomic E-state index is -0.531. The second-order valence-electron chi connectivity index (χ2n) is 7.13. The molecular formula is C23H35N3O3. The molecule has 6 nitrogen and oxygen atoms in total. The van der Waals surface area contributed by atoms with Crippen molar-refractivity contribution in [1.29, 1.82) is 0 Å². The van der Waals surface area contributed by atoms with E-state index in [-0.39, 0.29) is 6.61 Å². The number of likely N-dealkylation sites (N-methyl/N-ethyl adjacent to an activating group) is 1. The third-order valence-corrected chi connectivity index (χ3v) is 4.86. The Kier molecular flexibility index (Phi) is 9.91. The summed E-state index contributed by atoms with van der Waals surface area (Å²) in [5.41, 5.74) is 3.27. The maximum atomic E-state index is 10.2. The molecule has 1 aromatic heterocycles. The molecule has 0 spiro atoms. The molecule has 1 aromatic carbocycles. The van der Waals surface area contributed by atoms with Crippen LogP contribution in [0.5, 0.6) is 11.5 Å². The van der Waals surface area contributed by atoms with Gasteiger partial charge in [0.25, 0.3) is 0 Å². The van der Waals surface area contributed by atoms with Crippen LogP contribution in [0.4, 0.5) is 0 Å². The van der Waals surface area contributed by atoms with Crippen LogP contribution >= 0.6 is 0 Å². The number of hydrogen-bond donors (Lipinski definition) is 2. The van der Waals surface area contributed by atoms with Crippen LogP contribution in [0.2, 0.25) is 0 Å². The first-order valence-corrected chi connectivity index (χ1v) is 10.4. The van der Waals surface area contributed by atoms with E-state index < -0.39 is 6.10 Å². The first-order chi connectivity index (χ1) is 14.0. The standard InChI is InChI=1S/C23H35N3O3/c1-5-26(6-2)16-21(27)17-29-22-11-10-19(14-23(22)28-4)15-24-13-12-20-9-7-8-18(3)25-20/h7-11,14,21,24,27H,5-6,12-13,15-17H2,1-4H3/t21-/m1/s1. The topological polar surface area (TPSA) is 66.9 Å². The van der Waals surface area contributed by atoms with Crippen molar-refractivity contribution in [2.45, 2.75) is 39.8 Å². The molecule has 2 N–H and O–H groups in total. The molecule has 0 saturated heterocycles. The monoisotopic (exact) mass is 401 g/mol. The van der Waals surface area contributed by atoms with Gasteiger partial charge in [0, 0.05) is 37.4 Å². The fraction of sp³-hybridized carbons (Fsp3) is 0.522. The quantitative estimate of drug-likeness (QED) is 0.503. The molecule has 6 heteroatoms. The van der Waals surface area contributed by atoms with Crippen LogP contribution in [0.15, 0.2) is 36.4 Å². The Morgan fingerprint density at radius 2 is 1.93 bits per heavy atom. The van der Waals surface area contributed by atoms with Crippen LogP contribution in [0.25, 0.3) is 0 Å². The summed E-state index contributed by atoms with van der Waals surface area (Å²) in [4.78, 5) is 6.69. The Balaban J connectivity index is 1.81. The number of aromatic nitrogens is 1. The molecule has 1 atom stereocenters. The summed E-state index contributed by atoms with van der Waals surface area (Å²) in [5, 5.41) is 13.6. The smallest absolute Gasteiger partial charge is 0.161 e. The fourth-order valence-electron chi connectivity index (χ4n) is 3.15. The SMILES string of the molecule is CCN(CC)C[C@@H](O)COc1ccc(CNCCc2cccc(C)n2)cc1OC. The zero-order valence-electron chi connectivity index (χ0n) is 18.1. The van der Waals surface area contributed by atoms with Crippen LogP contribution in [-0.2, 0) is 13.0 Å². The van der Waals surface area contributed by atoms with Crippen molar-refractivity contribution < 1.29 is 14.6 Å². The molecule has 0 unspecified atom stereocenters. The van der Waals surface area contributed by atoms with Gasteiger partial charge in [-0.25, -0.2) is 0 Å². The Morgan fingerprint density at radius 1 is 1.14 bits per heavy atom. The van der Waals surface area contributed by atoms with E-state index in [1.165, 1.54) is 0 Å². The molecule has 1 heterocycles. The first kappa shape index (κ1) is 23.1. The number of hydrogen-bond acceptors (Lipinski definition) is 6. The molecule has 0 saturated carbocycles. The molecule has 2 aromatic rings. The van der Waals surface area contributed by atoms with E-state index in [1.54, 1.807) is 7.11 Å². The summed E-state index contributed by atoms with van der Waals surface area (Å²) in [5.74, 6) is 1.33. The van der Waals surface area contributed by atoms with Crippen LogP contribution in [0.1, 0.15) is 30.8 Å². The lowest BCUT2D eigenvalue weighted by molar-refractivity contribution is 0.0705. The molecule has 29 heavy (non-hydrogen) atoms. The Labute approximate surface area is 174 Å². The Morgan fingerprint density at radius 3 is 2.62 bits per heavy atom. The van der Waals surface area contributed by atoms with Gasteiger partial charge in [0.15, 0.2) is 11.5 Å². The van der Waals surface area contributed by atoms with E-state index in [9.17, 15) is 5.11 Å². The number of methoxy groups -OCH3 is 1. The summed E-state index contributed by atoms with van der Waals surface area (Å²) < 4.78 is 11.3. The zero-order valence-corrected chi connectivity index (χ0v) is 18.1. The van der Waals surface area contributed by atoms with Crippen molar-refractivity contribution in [3.05, 3.63) is 53.3 Å². The second kappa shape index (κ2) is 12.4. The molecule has 0 fully saturated rings. The van der Waals surface area contributed by atoms with E-state index in [1.807, 2.05) is 37.3 Å². The van der Waals surface area contributed by atoms with E-state index >= 15 is 0 Å². The van der Waals surface area contributed by atoms with Crippen LogP contribution in [0, 0.1) is 6.92 Å². The molecular weight excluding hydrogens is 366 g/mol. The highest BCUT2D eigenvalue weighted by Gasteiger charge is 2.12. The van der Waals surface area contributed by atoms with E-state index in [0.29, 0.717) is 18.0 Å². The first-order valence-electron chi connectivity index (χ1n) is 10.4. The van der Waals surface area contributed by atoms with E-state index in [2.05, 4.69) is 35.1 Å². The van der Waals surface area contributed by atoms with Crippen molar-refractivity contribution >= 4 is 0 Å². The van der Waals surface area contributed by atoms with Gasteiger partial charge >= 0.3 is 0 Å². The highest BCUT2D eigenvalue weighted by Crippen LogP contribution is 2.28. The number of rotatable bonds is 13. The number of nitrogens with one attached hydrogen (secondary N) is 1. The van der Waals surface area contributed by atoms with Crippen molar-refractivity contribution in [3.63, 3.8) is 0 Å². The minimum absolute atomic E-state index is 0.244. The molecule has 2 rings (SSSR count). The molecule has 160 valence electrons. The number of benzene rings is 1. The molecule has 0 amide bonds. The molecule has 0 bridgehead atoms. The maximum Gasteiger partial charge on any atom is 0.161 e. The van der Waals surface area contributed by atoms with Crippen molar-refractivity contribution in [1.82, 2.24) is 15.2 Å². The number of ether oxygens (including phenoxy) is 2. The summed E-state index contributed by atoms with van der Waals surface area (Å²) in [7, 11) is 1.63. The summed E-state index contributed by atoms with van der Waals surface area (Å²) >= 11 is 0. The predicted octanol–water partition coefficient (Wildman–Crippen LogP) is 2.81. The van der Waals surface area contributed by atoms with Gasteiger partial charge in [-0.15, -0.1) is 0 Å². The van der Waals surface area contributed by atoms with Gasteiger partial charge in [-0.2, -0.15) is 0 Å². The third kappa shape index (κ3) is 8.01. The van der Waals surface area contributed by atoms with Gasteiger partial charge in [0.05, 0.1) is 7.11 Å². The number of nitrogens with zero attached hydrogens (tertiary/aromatic N) is 2. The van der Waals surface area contributed by atoms with Crippen LogP contribution in [-0.4, -0.2) is 61.0 Å². The van der Waals surface area contributed by atoms with Gasteiger partial charge in [0.2, 0.25) is 0 Å². The summed E-state index contributed by atoms with van der Waals surface area (Å²) in [6.45, 7) is 10.5. The molecule has 0 radical (unpaired) electrons. The maximum absolute atomic E-state index is 10.2. The van der Waals surface area contributed by atoms with Crippen LogP contribution in [0.3, 0.4) is 0 Å². The van der Waals surface area contributed by atoms with Gasteiger partial charge in [-0.1, -0.05) is 26.0 Å².